The molecule has 4 rings (SSSR count). The second-order valence-electron chi connectivity index (χ2n) is 9.30. The van der Waals surface area contributed by atoms with Crippen LogP contribution in [-0.2, 0) is 9.59 Å². The van der Waals surface area contributed by atoms with Crippen molar-refractivity contribution in [1.82, 2.24) is 5.32 Å². The lowest BCUT2D eigenvalue weighted by molar-refractivity contribution is -0.122. The van der Waals surface area contributed by atoms with Gasteiger partial charge in [0.25, 0.3) is 11.8 Å². The van der Waals surface area contributed by atoms with Gasteiger partial charge >= 0.3 is 0 Å². The SMILES string of the molecule is CCOc1cccc(N2C(=O)/C(=C\c3cc4c(cc3Cl)N(C)C(C)(C)CC4C)C(=O)NC2=S)c1. The third-order valence-electron chi connectivity index (χ3n) is 6.54. The van der Waals surface area contributed by atoms with Gasteiger partial charge in [0.2, 0.25) is 0 Å². The number of amides is 2. The highest BCUT2D eigenvalue weighted by Gasteiger charge is 2.36. The first-order valence-corrected chi connectivity index (χ1v) is 12.0. The van der Waals surface area contributed by atoms with Crippen molar-refractivity contribution in [2.75, 3.05) is 23.5 Å². The highest BCUT2D eigenvalue weighted by atomic mass is 35.5. The Hall–Kier alpha value is -2.90. The van der Waals surface area contributed by atoms with E-state index < -0.39 is 11.8 Å². The van der Waals surface area contributed by atoms with Crippen molar-refractivity contribution < 1.29 is 14.3 Å². The summed E-state index contributed by atoms with van der Waals surface area (Å²) in [7, 11) is 2.06. The molecule has 0 aliphatic carbocycles. The van der Waals surface area contributed by atoms with E-state index in [1.807, 2.05) is 19.1 Å². The highest BCUT2D eigenvalue weighted by molar-refractivity contribution is 7.80. The first kappa shape index (κ1) is 24.2. The van der Waals surface area contributed by atoms with Gasteiger partial charge in [0.1, 0.15) is 11.3 Å². The van der Waals surface area contributed by atoms with Gasteiger partial charge in [-0.25, -0.2) is 0 Å². The van der Waals surface area contributed by atoms with Crippen molar-refractivity contribution in [3.05, 3.63) is 58.1 Å². The van der Waals surface area contributed by atoms with E-state index in [1.54, 1.807) is 30.3 Å². The lowest BCUT2D eigenvalue weighted by atomic mass is 9.80. The van der Waals surface area contributed by atoms with Crippen molar-refractivity contribution in [3.8, 4) is 5.75 Å². The Morgan fingerprint density at radius 3 is 2.71 bits per heavy atom. The number of carbonyl (C=O) groups is 2. The summed E-state index contributed by atoms with van der Waals surface area (Å²) in [6, 6.07) is 10.9. The van der Waals surface area contributed by atoms with Crippen LogP contribution in [0.1, 0.15) is 51.2 Å². The van der Waals surface area contributed by atoms with E-state index in [2.05, 4.69) is 38.0 Å². The maximum absolute atomic E-state index is 13.4. The van der Waals surface area contributed by atoms with Crippen molar-refractivity contribution in [2.24, 2.45) is 0 Å². The molecule has 8 heteroatoms. The fourth-order valence-electron chi connectivity index (χ4n) is 4.64. The number of nitrogens with zero attached hydrogens (tertiary/aromatic N) is 2. The monoisotopic (exact) mass is 497 g/mol. The van der Waals surface area contributed by atoms with Gasteiger partial charge in [0.05, 0.1) is 12.3 Å². The van der Waals surface area contributed by atoms with Gasteiger partial charge in [-0.1, -0.05) is 24.6 Å². The molecule has 1 atom stereocenters. The van der Waals surface area contributed by atoms with Crippen LogP contribution in [0.2, 0.25) is 5.02 Å². The zero-order chi connectivity index (χ0) is 24.8. The van der Waals surface area contributed by atoms with Crippen LogP contribution in [-0.4, -0.2) is 36.1 Å². The van der Waals surface area contributed by atoms with Gasteiger partial charge in [0.15, 0.2) is 5.11 Å². The number of fused-ring (bicyclic) bond motifs is 1. The van der Waals surface area contributed by atoms with E-state index in [4.69, 9.17) is 28.6 Å². The molecule has 2 aliphatic rings. The van der Waals surface area contributed by atoms with Crippen molar-refractivity contribution in [1.29, 1.82) is 0 Å². The van der Waals surface area contributed by atoms with Crippen LogP contribution in [0, 0.1) is 0 Å². The molecule has 1 unspecified atom stereocenters. The number of rotatable bonds is 4. The number of nitrogens with one attached hydrogen (secondary N) is 1. The van der Waals surface area contributed by atoms with Crippen LogP contribution in [0.3, 0.4) is 0 Å². The Morgan fingerprint density at radius 2 is 2.00 bits per heavy atom. The Labute approximate surface area is 210 Å². The summed E-state index contributed by atoms with van der Waals surface area (Å²) < 4.78 is 5.55. The van der Waals surface area contributed by atoms with Gasteiger partial charge in [-0.3, -0.25) is 19.8 Å². The fourth-order valence-corrected chi connectivity index (χ4v) is 5.14. The third kappa shape index (κ3) is 4.30. The van der Waals surface area contributed by atoms with Crippen LogP contribution in [0.25, 0.3) is 6.08 Å². The Balaban J connectivity index is 1.75. The Kier molecular flexibility index (Phi) is 6.44. The van der Waals surface area contributed by atoms with Crippen LogP contribution in [0.15, 0.2) is 42.0 Å². The van der Waals surface area contributed by atoms with Crippen molar-refractivity contribution in [3.63, 3.8) is 0 Å². The molecule has 34 heavy (non-hydrogen) atoms. The molecular weight excluding hydrogens is 470 g/mol. The first-order valence-electron chi connectivity index (χ1n) is 11.2. The van der Waals surface area contributed by atoms with Crippen molar-refractivity contribution >= 4 is 58.2 Å². The molecule has 2 amide bonds. The van der Waals surface area contributed by atoms with Crippen LogP contribution in [0.5, 0.6) is 5.75 Å². The van der Waals surface area contributed by atoms with Gasteiger partial charge in [-0.15, -0.1) is 0 Å². The molecule has 0 aromatic heterocycles. The molecule has 2 aromatic carbocycles. The number of anilines is 2. The van der Waals surface area contributed by atoms with Crippen LogP contribution >= 0.6 is 23.8 Å². The average Bonchev–Trinajstić information content (AvgIpc) is 2.76. The summed E-state index contributed by atoms with van der Waals surface area (Å²) >= 11 is 12.0. The minimum absolute atomic E-state index is 0.00116. The lowest BCUT2D eigenvalue weighted by Crippen LogP contribution is -2.54. The van der Waals surface area contributed by atoms with Gasteiger partial charge in [0, 0.05) is 29.4 Å². The fraction of sp³-hybridized carbons (Fsp3) is 0.346. The standard InChI is InChI=1S/C26H28ClN3O3S/c1-6-33-18-9-7-8-17(12-18)30-24(32)20(23(31)28-25(30)34)11-16-10-19-15(2)14-26(3,4)29(5)22(19)13-21(16)27/h7-13,15H,6,14H2,1-5H3,(H,28,31,34)/b20-11-. The molecule has 2 aliphatic heterocycles. The largest absolute Gasteiger partial charge is 0.494 e. The maximum atomic E-state index is 13.4. The maximum Gasteiger partial charge on any atom is 0.270 e. The van der Waals surface area contributed by atoms with Crippen LogP contribution < -0.4 is 19.9 Å². The van der Waals surface area contributed by atoms with E-state index in [9.17, 15) is 9.59 Å². The van der Waals surface area contributed by atoms with E-state index in [0.717, 1.165) is 17.7 Å². The van der Waals surface area contributed by atoms with E-state index >= 15 is 0 Å². The zero-order valence-electron chi connectivity index (χ0n) is 19.9. The highest BCUT2D eigenvalue weighted by Crippen LogP contribution is 2.44. The number of hydrogen-bond donors (Lipinski definition) is 1. The van der Waals surface area contributed by atoms with E-state index in [0.29, 0.717) is 34.5 Å². The summed E-state index contributed by atoms with van der Waals surface area (Å²) in [6.45, 7) is 8.97. The van der Waals surface area contributed by atoms with Gasteiger partial charge in [-0.05, 0) is 86.8 Å². The topological polar surface area (TPSA) is 61.9 Å². The second-order valence-corrected chi connectivity index (χ2v) is 10.1. The molecular formula is C26H28ClN3O3S. The number of halogens is 1. The van der Waals surface area contributed by atoms with Gasteiger partial charge in [-0.2, -0.15) is 0 Å². The number of benzene rings is 2. The smallest absolute Gasteiger partial charge is 0.270 e. The molecule has 1 fully saturated rings. The number of thiocarbonyl (C=S) groups is 1. The normalized spacial score (nSPS) is 20.9. The predicted molar refractivity (Wildman–Crippen MR) is 141 cm³/mol. The third-order valence-corrected chi connectivity index (χ3v) is 7.15. The number of hydrogen-bond acceptors (Lipinski definition) is 5. The average molecular weight is 498 g/mol. The summed E-state index contributed by atoms with van der Waals surface area (Å²) in [4.78, 5) is 29.7. The lowest BCUT2D eigenvalue weighted by Gasteiger charge is -2.45. The molecule has 1 N–H and O–H groups in total. The summed E-state index contributed by atoms with van der Waals surface area (Å²) in [5.74, 6) is -0.150. The number of carbonyl (C=O) groups excluding carboxylic acids is 2. The molecule has 1 saturated heterocycles. The first-order chi connectivity index (χ1) is 16.0. The molecule has 6 nitrogen and oxygen atoms in total. The Morgan fingerprint density at radius 1 is 1.26 bits per heavy atom. The quantitative estimate of drug-likeness (QED) is 0.353. The molecule has 2 heterocycles. The van der Waals surface area contributed by atoms with Gasteiger partial charge < -0.3 is 9.64 Å². The zero-order valence-corrected chi connectivity index (χ0v) is 21.5. The Bertz CT molecular complexity index is 1220. The molecule has 0 radical (unpaired) electrons. The minimum atomic E-state index is -0.549. The van der Waals surface area contributed by atoms with E-state index in [-0.39, 0.29) is 16.2 Å². The molecule has 0 bridgehead atoms. The minimum Gasteiger partial charge on any atom is -0.494 e. The second kappa shape index (κ2) is 9.04. The number of ether oxygens (including phenoxy) is 1. The summed E-state index contributed by atoms with van der Waals surface area (Å²) in [5.41, 5.74) is 3.30. The van der Waals surface area contributed by atoms with Crippen molar-refractivity contribution in [2.45, 2.75) is 45.6 Å². The predicted octanol–water partition coefficient (Wildman–Crippen LogP) is 5.29. The molecule has 178 valence electrons. The summed E-state index contributed by atoms with van der Waals surface area (Å²) in [5, 5.41) is 3.12. The summed E-state index contributed by atoms with van der Waals surface area (Å²) in [6.07, 6.45) is 2.53. The molecule has 0 saturated carbocycles. The molecule has 0 spiro atoms. The molecule has 2 aromatic rings. The van der Waals surface area contributed by atoms with E-state index in [1.165, 1.54) is 4.90 Å². The van der Waals surface area contributed by atoms with Crippen LogP contribution in [0.4, 0.5) is 11.4 Å².